The van der Waals surface area contributed by atoms with E-state index >= 15 is 0 Å². The molecule has 2 heterocycles. The molecule has 2 spiro atoms. The summed E-state index contributed by atoms with van der Waals surface area (Å²) in [4.78, 5) is 13.5. The van der Waals surface area contributed by atoms with Crippen LogP contribution in [0.5, 0.6) is 0 Å². The van der Waals surface area contributed by atoms with Gasteiger partial charge < -0.3 is 19.7 Å². The number of ketones is 1. The molecule has 0 aromatic heterocycles. The Morgan fingerprint density at radius 1 is 1.20 bits per heavy atom. The van der Waals surface area contributed by atoms with Crippen molar-refractivity contribution in [3.8, 4) is 0 Å². The van der Waals surface area contributed by atoms with E-state index in [0.717, 1.165) is 24.8 Å². The third-order valence-electron chi connectivity index (χ3n) is 8.96. The molecule has 2 saturated heterocycles. The lowest BCUT2D eigenvalue weighted by molar-refractivity contribution is -0.382. The minimum Gasteiger partial charge on any atom is -0.388 e. The molecule has 0 unspecified atom stereocenters. The van der Waals surface area contributed by atoms with Crippen LogP contribution in [-0.4, -0.2) is 46.7 Å². The number of aliphatic hydroxyl groups is 2. The van der Waals surface area contributed by atoms with Gasteiger partial charge in [0.2, 0.25) is 0 Å². The summed E-state index contributed by atoms with van der Waals surface area (Å²) in [6, 6.07) is 0. The first-order valence-electron chi connectivity index (χ1n) is 9.66. The van der Waals surface area contributed by atoms with Gasteiger partial charge in [-0.3, -0.25) is 4.79 Å². The van der Waals surface area contributed by atoms with Gasteiger partial charge in [0, 0.05) is 11.8 Å². The average Bonchev–Trinajstić information content (AvgIpc) is 2.89. The van der Waals surface area contributed by atoms with Gasteiger partial charge in [0.1, 0.15) is 6.10 Å². The Morgan fingerprint density at radius 3 is 2.72 bits per heavy atom. The van der Waals surface area contributed by atoms with Crippen molar-refractivity contribution in [3.05, 3.63) is 12.2 Å². The standard InChI is InChI=1S/C20H26O5/c1-8-9-6-10-13-19(7-9,15(8)22)16(23)12(21)14-18(2,3)5-4-11-20(13,14)17(24-10)25-11/h9-15,17,21-22H,1,4-7H2,2-3H3/t9-,10-,11+,12+,13-,14-,15-,17-,19+,20-/m1/s1. The van der Waals surface area contributed by atoms with E-state index in [1.165, 1.54) is 0 Å². The second-order valence-electron chi connectivity index (χ2n) is 10.1. The van der Waals surface area contributed by atoms with Crippen LogP contribution in [0.1, 0.15) is 39.5 Å². The van der Waals surface area contributed by atoms with Crippen molar-refractivity contribution in [2.24, 2.45) is 34.0 Å². The molecule has 0 radical (unpaired) electrons. The molecule has 6 fully saturated rings. The molecular weight excluding hydrogens is 320 g/mol. The summed E-state index contributed by atoms with van der Waals surface area (Å²) in [5.41, 5.74) is -0.650. The smallest absolute Gasteiger partial charge is 0.171 e. The molecule has 6 aliphatic rings. The predicted molar refractivity (Wildman–Crippen MR) is 87.3 cm³/mol. The zero-order chi connectivity index (χ0) is 17.5. The van der Waals surface area contributed by atoms with Gasteiger partial charge in [-0.05, 0) is 42.6 Å². The van der Waals surface area contributed by atoms with Crippen molar-refractivity contribution >= 4 is 5.78 Å². The second-order valence-corrected chi connectivity index (χ2v) is 10.1. The molecule has 2 bridgehead atoms. The molecule has 4 saturated carbocycles. The van der Waals surface area contributed by atoms with Gasteiger partial charge >= 0.3 is 0 Å². The number of carbonyl (C=O) groups is 1. The first kappa shape index (κ1) is 15.3. The highest BCUT2D eigenvalue weighted by molar-refractivity contribution is 5.93. The van der Waals surface area contributed by atoms with E-state index in [9.17, 15) is 15.0 Å². The first-order valence-corrected chi connectivity index (χ1v) is 9.66. The zero-order valence-electron chi connectivity index (χ0n) is 14.8. The van der Waals surface area contributed by atoms with E-state index in [-0.39, 0.29) is 52.9 Å². The molecule has 0 aromatic carbocycles. The minimum absolute atomic E-state index is 0.0303. The van der Waals surface area contributed by atoms with E-state index in [2.05, 4.69) is 20.4 Å². The first-order chi connectivity index (χ1) is 11.8. The van der Waals surface area contributed by atoms with Crippen molar-refractivity contribution in [2.75, 3.05) is 0 Å². The molecule has 0 aromatic rings. The number of carbonyl (C=O) groups excluding carboxylic acids is 1. The van der Waals surface area contributed by atoms with E-state index in [4.69, 9.17) is 9.47 Å². The third-order valence-corrected chi connectivity index (χ3v) is 8.96. The molecule has 10 atom stereocenters. The molecule has 5 nitrogen and oxygen atoms in total. The quantitative estimate of drug-likeness (QED) is 0.649. The normalized spacial score (nSPS) is 63.0. The molecule has 25 heavy (non-hydrogen) atoms. The minimum atomic E-state index is -1.05. The highest BCUT2D eigenvalue weighted by Gasteiger charge is 2.86. The topological polar surface area (TPSA) is 76.0 Å². The van der Waals surface area contributed by atoms with Crippen LogP contribution in [0.4, 0.5) is 0 Å². The zero-order valence-corrected chi connectivity index (χ0v) is 14.8. The van der Waals surface area contributed by atoms with Gasteiger partial charge in [-0.25, -0.2) is 0 Å². The summed E-state index contributed by atoms with van der Waals surface area (Å²) in [7, 11) is 0. The fourth-order valence-electron chi connectivity index (χ4n) is 8.22. The molecule has 5 heteroatoms. The highest BCUT2D eigenvalue weighted by atomic mass is 16.7. The fraction of sp³-hybridized carbons (Fsp3) is 0.850. The maximum Gasteiger partial charge on any atom is 0.171 e. The molecule has 4 aliphatic carbocycles. The van der Waals surface area contributed by atoms with Gasteiger partial charge in [-0.2, -0.15) is 0 Å². The number of Topliss-reactive ketones (excluding diaryl/α,β-unsaturated/α-hetero) is 1. The van der Waals surface area contributed by atoms with Crippen LogP contribution >= 0.6 is 0 Å². The van der Waals surface area contributed by atoms with Gasteiger partial charge in [0.05, 0.1) is 29.1 Å². The fourth-order valence-corrected chi connectivity index (χ4v) is 8.22. The molecule has 0 amide bonds. The lowest BCUT2D eigenvalue weighted by Crippen LogP contribution is -2.78. The van der Waals surface area contributed by atoms with Crippen molar-refractivity contribution in [1.29, 1.82) is 0 Å². The van der Waals surface area contributed by atoms with Crippen LogP contribution in [0.3, 0.4) is 0 Å². The maximum absolute atomic E-state index is 13.5. The van der Waals surface area contributed by atoms with Crippen LogP contribution in [-0.2, 0) is 14.3 Å². The van der Waals surface area contributed by atoms with Gasteiger partial charge in [-0.15, -0.1) is 0 Å². The molecule has 2 aliphatic heterocycles. The van der Waals surface area contributed by atoms with Crippen LogP contribution in [0.2, 0.25) is 0 Å². The summed E-state index contributed by atoms with van der Waals surface area (Å²) in [6.07, 6.45) is 0.998. The van der Waals surface area contributed by atoms with Gasteiger partial charge in [0.25, 0.3) is 0 Å². The average molecular weight is 346 g/mol. The summed E-state index contributed by atoms with van der Waals surface area (Å²) in [6.45, 7) is 8.42. The SMILES string of the molecule is C=C1[C@@H]2C[C@H]3O[C@@H]4O[C@H]5CCC(C)(C)[C@H]6[C@H](O)C(=O)[C@](C2)([C@@H]1O)[C@@H]3[C@]456. The van der Waals surface area contributed by atoms with Crippen LogP contribution in [0, 0.1) is 34.0 Å². The van der Waals surface area contributed by atoms with Crippen molar-refractivity contribution in [3.63, 3.8) is 0 Å². The Morgan fingerprint density at radius 2 is 1.96 bits per heavy atom. The van der Waals surface area contributed by atoms with Crippen LogP contribution < -0.4 is 0 Å². The number of fused-ring (bicyclic) bond motifs is 1. The number of hydrogen-bond acceptors (Lipinski definition) is 5. The molecule has 6 rings (SSSR count). The Bertz CT molecular complexity index is 715. The number of ether oxygens (including phenoxy) is 2. The maximum atomic E-state index is 13.5. The largest absolute Gasteiger partial charge is 0.388 e. The lowest BCUT2D eigenvalue weighted by atomic mass is 9.37. The number of rotatable bonds is 0. The van der Waals surface area contributed by atoms with Crippen molar-refractivity contribution < 1.29 is 24.5 Å². The summed E-state index contributed by atoms with van der Waals surface area (Å²) in [5, 5.41) is 22.3. The van der Waals surface area contributed by atoms with Crippen molar-refractivity contribution in [1.82, 2.24) is 0 Å². The monoisotopic (exact) mass is 346 g/mol. The van der Waals surface area contributed by atoms with Gasteiger partial charge in [0.15, 0.2) is 12.1 Å². The van der Waals surface area contributed by atoms with Crippen LogP contribution in [0.15, 0.2) is 12.2 Å². The summed E-state index contributed by atoms with van der Waals surface area (Å²) in [5.74, 6) is -0.287. The Labute approximate surface area is 147 Å². The van der Waals surface area contributed by atoms with E-state index in [1.54, 1.807) is 0 Å². The predicted octanol–water partition coefficient (Wildman–Crippen LogP) is 1.42. The van der Waals surface area contributed by atoms with E-state index < -0.39 is 17.6 Å². The van der Waals surface area contributed by atoms with Crippen LogP contribution in [0.25, 0.3) is 0 Å². The molecule has 136 valence electrons. The Kier molecular flexibility index (Phi) is 2.49. The van der Waals surface area contributed by atoms with E-state index in [1.807, 2.05) is 0 Å². The lowest BCUT2D eigenvalue weighted by Gasteiger charge is -2.70. The van der Waals surface area contributed by atoms with E-state index in [0.29, 0.717) is 6.42 Å². The summed E-state index contributed by atoms with van der Waals surface area (Å²) < 4.78 is 12.4. The second kappa shape index (κ2) is 4.06. The summed E-state index contributed by atoms with van der Waals surface area (Å²) >= 11 is 0. The molecule has 2 N–H and O–H groups in total. The Balaban J connectivity index is 1.63. The highest BCUT2D eigenvalue weighted by Crippen LogP contribution is 2.78. The number of aliphatic hydroxyl groups excluding tert-OH is 2. The molecular formula is C20H26O5. The number of hydrogen-bond donors (Lipinski definition) is 2. The third kappa shape index (κ3) is 1.29. The van der Waals surface area contributed by atoms with Gasteiger partial charge in [-0.1, -0.05) is 20.4 Å². The Hall–Kier alpha value is -0.750. The van der Waals surface area contributed by atoms with Crippen molar-refractivity contribution in [2.45, 2.75) is 70.2 Å².